The van der Waals surface area contributed by atoms with Gasteiger partial charge in [-0.2, -0.15) is 0 Å². The van der Waals surface area contributed by atoms with Crippen molar-refractivity contribution in [2.45, 2.75) is 41.0 Å². The Bertz CT molecular complexity index is 450. The van der Waals surface area contributed by atoms with Gasteiger partial charge in [-0.25, -0.2) is 0 Å². The number of anilines is 1. The third-order valence-electron chi connectivity index (χ3n) is 3.49. The normalized spacial score (nSPS) is 11.4. The lowest BCUT2D eigenvalue weighted by Gasteiger charge is -2.20. The van der Waals surface area contributed by atoms with Crippen molar-refractivity contribution in [3.05, 3.63) is 28.8 Å². The summed E-state index contributed by atoms with van der Waals surface area (Å²) in [5.74, 6) is -0.749. The van der Waals surface area contributed by atoms with E-state index in [4.69, 9.17) is 5.11 Å². The van der Waals surface area contributed by atoms with Gasteiger partial charge in [0.15, 0.2) is 0 Å². The number of hydrogen-bond acceptors (Lipinski definition) is 2. The lowest BCUT2D eigenvalue weighted by Crippen LogP contribution is -2.26. The van der Waals surface area contributed by atoms with Crippen LogP contribution in [0.15, 0.2) is 12.1 Å². The molecule has 0 atom stereocenters. The molecule has 0 bridgehead atoms. The predicted octanol–water partition coefficient (Wildman–Crippen LogP) is 3.52. The number of carbonyl (C=O) groups is 1. The van der Waals surface area contributed by atoms with Crippen LogP contribution in [0, 0.1) is 26.2 Å². The van der Waals surface area contributed by atoms with Gasteiger partial charge in [-0.05, 0) is 63.8 Å². The molecule has 0 spiro atoms. The fourth-order valence-electron chi connectivity index (χ4n) is 1.77. The Morgan fingerprint density at radius 1 is 1.17 bits per heavy atom. The minimum absolute atomic E-state index is 0.606. The summed E-state index contributed by atoms with van der Waals surface area (Å²) in [4.78, 5) is 11.0. The van der Waals surface area contributed by atoms with Crippen molar-refractivity contribution >= 4 is 11.7 Å². The Hall–Kier alpha value is -1.51. The van der Waals surface area contributed by atoms with Crippen LogP contribution in [0.5, 0.6) is 0 Å². The molecule has 3 heteroatoms. The van der Waals surface area contributed by atoms with Crippen molar-refractivity contribution < 1.29 is 9.90 Å². The maximum atomic E-state index is 11.0. The van der Waals surface area contributed by atoms with E-state index < -0.39 is 11.4 Å². The Morgan fingerprint density at radius 3 is 2.28 bits per heavy atom. The molecule has 1 rings (SSSR count). The van der Waals surface area contributed by atoms with Crippen molar-refractivity contribution in [3.8, 4) is 0 Å². The fraction of sp³-hybridized carbons (Fsp3) is 0.533. The number of carboxylic acid groups (broad SMARTS) is 1. The Balaban J connectivity index is 2.65. The van der Waals surface area contributed by atoms with E-state index in [0.717, 1.165) is 5.69 Å². The zero-order valence-electron chi connectivity index (χ0n) is 11.9. The average Bonchev–Trinajstić information content (AvgIpc) is 2.25. The summed E-state index contributed by atoms with van der Waals surface area (Å²) >= 11 is 0. The fourth-order valence-corrected chi connectivity index (χ4v) is 1.77. The van der Waals surface area contributed by atoms with Crippen LogP contribution in [0.4, 0.5) is 5.69 Å². The quantitative estimate of drug-likeness (QED) is 0.839. The molecule has 18 heavy (non-hydrogen) atoms. The molecule has 0 fully saturated rings. The molecule has 1 aromatic carbocycles. The van der Waals surface area contributed by atoms with E-state index in [1.165, 1.54) is 16.7 Å². The van der Waals surface area contributed by atoms with Crippen LogP contribution >= 0.6 is 0 Å². The summed E-state index contributed by atoms with van der Waals surface area (Å²) < 4.78 is 0. The van der Waals surface area contributed by atoms with Crippen LogP contribution < -0.4 is 5.32 Å². The van der Waals surface area contributed by atoms with Gasteiger partial charge in [0.1, 0.15) is 0 Å². The highest BCUT2D eigenvalue weighted by Crippen LogP contribution is 2.23. The van der Waals surface area contributed by atoms with Crippen molar-refractivity contribution in [2.24, 2.45) is 5.41 Å². The summed E-state index contributed by atoms with van der Waals surface area (Å²) in [7, 11) is 0. The molecular weight excluding hydrogens is 226 g/mol. The number of rotatable bonds is 5. The lowest BCUT2D eigenvalue weighted by molar-refractivity contribution is -0.147. The Labute approximate surface area is 109 Å². The summed E-state index contributed by atoms with van der Waals surface area (Å²) in [6, 6.07) is 4.28. The second kappa shape index (κ2) is 5.42. The number of nitrogens with one attached hydrogen (secondary N) is 1. The zero-order valence-corrected chi connectivity index (χ0v) is 11.9. The summed E-state index contributed by atoms with van der Waals surface area (Å²) in [6.07, 6.45) is 0.606. The van der Waals surface area contributed by atoms with E-state index in [-0.39, 0.29) is 0 Å². The minimum atomic E-state index is -0.749. The van der Waals surface area contributed by atoms with E-state index >= 15 is 0 Å². The first-order chi connectivity index (χ1) is 8.24. The van der Waals surface area contributed by atoms with Crippen LogP contribution in [-0.4, -0.2) is 17.6 Å². The van der Waals surface area contributed by atoms with E-state index in [1.54, 1.807) is 13.8 Å². The first-order valence-corrected chi connectivity index (χ1v) is 6.29. The van der Waals surface area contributed by atoms with Crippen LogP contribution in [0.25, 0.3) is 0 Å². The maximum Gasteiger partial charge on any atom is 0.309 e. The average molecular weight is 249 g/mol. The molecule has 0 aliphatic heterocycles. The van der Waals surface area contributed by atoms with Crippen LogP contribution in [-0.2, 0) is 4.79 Å². The van der Waals surface area contributed by atoms with E-state index in [9.17, 15) is 4.79 Å². The van der Waals surface area contributed by atoms with Gasteiger partial charge in [0.2, 0.25) is 0 Å². The topological polar surface area (TPSA) is 49.3 Å². The van der Waals surface area contributed by atoms with Gasteiger partial charge in [-0.3, -0.25) is 4.79 Å². The molecule has 3 nitrogen and oxygen atoms in total. The second-order valence-electron chi connectivity index (χ2n) is 5.62. The van der Waals surface area contributed by atoms with Gasteiger partial charge >= 0.3 is 5.97 Å². The molecule has 100 valence electrons. The SMILES string of the molecule is Cc1cc(C)c(NCCC(C)(C)C(=O)O)cc1C. The summed E-state index contributed by atoms with van der Waals surface area (Å²) in [5.41, 5.74) is 4.15. The van der Waals surface area contributed by atoms with Gasteiger partial charge in [-0.1, -0.05) is 6.07 Å². The molecule has 2 N–H and O–H groups in total. The molecule has 0 aromatic heterocycles. The van der Waals surface area contributed by atoms with E-state index in [1.807, 2.05) is 0 Å². The molecule has 1 aromatic rings. The van der Waals surface area contributed by atoms with Gasteiger partial charge < -0.3 is 10.4 Å². The van der Waals surface area contributed by atoms with Crippen molar-refractivity contribution in [1.82, 2.24) is 0 Å². The van der Waals surface area contributed by atoms with E-state index in [0.29, 0.717) is 13.0 Å². The highest BCUT2D eigenvalue weighted by Gasteiger charge is 2.26. The molecule has 0 saturated carbocycles. The second-order valence-corrected chi connectivity index (χ2v) is 5.62. The molecule has 0 aliphatic carbocycles. The van der Waals surface area contributed by atoms with Crippen LogP contribution in [0.1, 0.15) is 37.0 Å². The molecule has 0 unspecified atom stereocenters. The molecule has 0 aliphatic rings. The first kappa shape index (κ1) is 14.6. The van der Waals surface area contributed by atoms with Gasteiger partial charge in [-0.15, -0.1) is 0 Å². The van der Waals surface area contributed by atoms with E-state index in [2.05, 4.69) is 38.2 Å². The maximum absolute atomic E-state index is 11.0. The van der Waals surface area contributed by atoms with Crippen molar-refractivity contribution in [2.75, 3.05) is 11.9 Å². The smallest absolute Gasteiger partial charge is 0.309 e. The van der Waals surface area contributed by atoms with Gasteiger partial charge in [0, 0.05) is 12.2 Å². The standard InChI is InChI=1S/C15H23NO2/c1-10-8-12(3)13(9-11(10)2)16-7-6-15(4,5)14(17)18/h8-9,16H,6-7H2,1-5H3,(H,17,18). The van der Waals surface area contributed by atoms with Gasteiger partial charge in [0.25, 0.3) is 0 Å². The molecule has 0 saturated heterocycles. The summed E-state index contributed by atoms with van der Waals surface area (Å²) in [5, 5.41) is 12.4. The minimum Gasteiger partial charge on any atom is -0.481 e. The molecular formula is C15H23NO2. The third-order valence-corrected chi connectivity index (χ3v) is 3.49. The largest absolute Gasteiger partial charge is 0.481 e. The van der Waals surface area contributed by atoms with Crippen molar-refractivity contribution in [3.63, 3.8) is 0 Å². The monoisotopic (exact) mass is 249 g/mol. The van der Waals surface area contributed by atoms with Gasteiger partial charge in [0.05, 0.1) is 5.41 Å². The number of carboxylic acids is 1. The third kappa shape index (κ3) is 3.49. The summed E-state index contributed by atoms with van der Waals surface area (Å²) in [6.45, 7) is 10.4. The number of aryl methyl sites for hydroxylation is 3. The Kier molecular flexibility index (Phi) is 4.38. The predicted molar refractivity (Wildman–Crippen MR) is 75.2 cm³/mol. The first-order valence-electron chi connectivity index (χ1n) is 6.29. The Morgan fingerprint density at radius 2 is 1.72 bits per heavy atom. The number of aliphatic carboxylic acids is 1. The van der Waals surface area contributed by atoms with Crippen molar-refractivity contribution in [1.29, 1.82) is 0 Å². The highest BCUT2D eigenvalue weighted by molar-refractivity contribution is 5.73. The number of benzene rings is 1. The zero-order chi connectivity index (χ0) is 13.9. The van der Waals surface area contributed by atoms with Crippen LogP contribution in [0.2, 0.25) is 0 Å². The molecule has 0 amide bonds. The molecule has 0 heterocycles. The lowest BCUT2D eigenvalue weighted by atomic mass is 9.89. The van der Waals surface area contributed by atoms with Crippen LogP contribution in [0.3, 0.4) is 0 Å². The molecule has 0 radical (unpaired) electrons. The highest BCUT2D eigenvalue weighted by atomic mass is 16.4. The number of hydrogen-bond donors (Lipinski definition) is 2.